The van der Waals surface area contributed by atoms with Gasteiger partial charge in [0.15, 0.2) is 0 Å². The SMILES string of the molecule is CC(C)(C)OC(=O)Nc1cc(C#N)cc(-c2ccc(N)cc2)c1. The molecule has 2 aromatic rings. The van der Waals surface area contributed by atoms with Gasteiger partial charge in [0.1, 0.15) is 5.60 Å². The molecule has 0 aliphatic heterocycles. The van der Waals surface area contributed by atoms with Gasteiger partial charge in [0, 0.05) is 11.4 Å². The minimum absolute atomic E-state index is 0.449. The maximum atomic E-state index is 11.9. The van der Waals surface area contributed by atoms with Gasteiger partial charge in [-0.1, -0.05) is 12.1 Å². The number of rotatable bonds is 2. The summed E-state index contributed by atoms with van der Waals surface area (Å²) in [6.45, 7) is 5.37. The van der Waals surface area contributed by atoms with E-state index >= 15 is 0 Å². The molecule has 0 radical (unpaired) electrons. The lowest BCUT2D eigenvalue weighted by molar-refractivity contribution is 0.0636. The van der Waals surface area contributed by atoms with Crippen LogP contribution in [0.25, 0.3) is 11.1 Å². The lowest BCUT2D eigenvalue weighted by atomic mass is 10.0. The Morgan fingerprint density at radius 3 is 2.35 bits per heavy atom. The van der Waals surface area contributed by atoms with Crippen molar-refractivity contribution in [3.8, 4) is 17.2 Å². The van der Waals surface area contributed by atoms with E-state index in [1.54, 1.807) is 51.1 Å². The molecule has 0 aromatic heterocycles. The molecule has 3 N–H and O–H groups in total. The van der Waals surface area contributed by atoms with Crippen molar-refractivity contribution in [2.45, 2.75) is 26.4 Å². The first-order valence-corrected chi connectivity index (χ1v) is 7.18. The number of amides is 1. The highest BCUT2D eigenvalue weighted by Gasteiger charge is 2.16. The van der Waals surface area contributed by atoms with E-state index in [9.17, 15) is 10.1 Å². The summed E-state index contributed by atoms with van der Waals surface area (Å²) in [5.74, 6) is 0. The molecule has 5 heteroatoms. The van der Waals surface area contributed by atoms with E-state index in [0.717, 1.165) is 11.1 Å². The van der Waals surface area contributed by atoms with Crippen LogP contribution in [0.1, 0.15) is 26.3 Å². The predicted octanol–water partition coefficient (Wildman–Crippen LogP) is 4.15. The number of benzene rings is 2. The number of nitrogens with two attached hydrogens (primary N) is 1. The molecule has 0 saturated carbocycles. The van der Waals surface area contributed by atoms with Crippen molar-refractivity contribution in [2.24, 2.45) is 0 Å². The molecule has 0 atom stereocenters. The van der Waals surface area contributed by atoms with Gasteiger partial charge in [0.05, 0.1) is 11.6 Å². The second kappa shape index (κ2) is 6.41. The van der Waals surface area contributed by atoms with Crippen LogP contribution >= 0.6 is 0 Å². The number of nitrogen functional groups attached to an aromatic ring is 1. The lowest BCUT2D eigenvalue weighted by Gasteiger charge is -2.20. The van der Waals surface area contributed by atoms with Crippen molar-refractivity contribution in [3.63, 3.8) is 0 Å². The van der Waals surface area contributed by atoms with Crippen LogP contribution in [0, 0.1) is 11.3 Å². The molecular formula is C18H19N3O2. The van der Waals surface area contributed by atoms with E-state index < -0.39 is 11.7 Å². The van der Waals surface area contributed by atoms with Gasteiger partial charge in [0.25, 0.3) is 0 Å². The fraction of sp³-hybridized carbons (Fsp3) is 0.222. The van der Waals surface area contributed by atoms with E-state index in [2.05, 4.69) is 11.4 Å². The Hall–Kier alpha value is -3.00. The zero-order valence-corrected chi connectivity index (χ0v) is 13.4. The topological polar surface area (TPSA) is 88.1 Å². The van der Waals surface area contributed by atoms with Gasteiger partial charge in [-0.25, -0.2) is 4.79 Å². The van der Waals surface area contributed by atoms with Crippen molar-refractivity contribution in [3.05, 3.63) is 48.0 Å². The van der Waals surface area contributed by atoms with Crippen molar-refractivity contribution in [2.75, 3.05) is 11.1 Å². The average molecular weight is 309 g/mol. The number of nitrogens with zero attached hydrogens (tertiary/aromatic N) is 1. The Morgan fingerprint density at radius 1 is 1.13 bits per heavy atom. The van der Waals surface area contributed by atoms with E-state index in [4.69, 9.17) is 10.5 Å². The molecule has 1 amide bonds. The molecule has 0 aliphatic carbocycles. The summed E-state index contributed by atoms with van der Waals surface area (Å²) < 4.78 is 5.23. The van der Waals surface area contributed by atoms with Crippen LogP contribution < -0.4 is 11.1 Å². The van der Waals surface area contributed by atoms with Gasteiger partial charge >= 0.3 is 6.09 Å². The fourth-order valence-corrected chi connectivity index (χ4v) is 2.03. The molecule has 2 aromatic carbocycles. The summed E-state index contributed by atoms with van der Waals surface area (Å²) in [6.07, 6.45) is -0.559. The highest BCUT2D eigenvalue weighted by molar-refractivity contribution is 5.86. The molecule has 2 rings (SSSR count). The van der Waals surface area contributed by atoms with E-state index in [0.29, 0.717) is 16.9 Å². The molecule has 0 saturated heterocycles. The van der Waals surface area contributed by atoms with Crippen molar-refractivity contribution >= 4 is 17.5 Å². The number of anilines is 2. The third-order valence-corrected chi connectivity index (χ3v) is 2.95. The van der Waals surface area contributed by atoms with Crippen molar-refractivity contribution in [1.29, 1.82) is 5.26 Å². The normalized spacial score (nSPS) is 10.7. The molecule has 0 fully saturated rings. The Balaban J connectivity index is 2.31. The van der Waals surface area contributed by atoms with Crippen LogP contribution in [0.15, 0.2) is 42.5 Å². The Labute approximate surface area is 135 Å². The first-order valence-electron chi connectivity index (χ1n) is 7.18. The number of nitriles is 1. The molecular weight excluding hydrogens is 290 g/mol. The van der Waals surface area contributed by atoms with Crippen molar-refractivity contribution < 1.29 is 9.53 Å². The molecule has 23 heavy (non-hydrogen) atoms. The van der Waals surface area contributed by atoms with Crippen LogP contribution in [-0.4, -0.2) is 11.7 Å². The Morgan fingerprint density at radius 2 is 1.78 bits per heavy atom. The molecule has 0 aliphatic rings. The van der Waals surface area contributed by atoms with E-state index in [1.165, 1.54) is 0 Å². The third kappa shape index (κ3) is 4.75. The highest BCUT2D eigenvalue weighted by Crippen LogP contribution is 2.26. The molecule has 0 spiro atoms. The second-order valence-electron chi connectivity index (χ2n) is 6.16. The summed E-state index contributed by atoms with van der Waals surface area (Å²) in [5.41, 5.74) is 8.44. The summed E-state index contributed by atoms with van der Waals surface area (Å²) in [4.78, 5) is 11.9. The molecule has 5 nitrogen and oxygen atoms in total. The number of carbonyl (C=O) groups excluding carboxylic acids is 1. The molecule has 0 bridgehead atoms. The number of nitrogens with one attached hydrogen (secondary N) is 1. The van der Waals surface area contributed by atoms with E-state index in [1.807, 2.05) is 12.1 Å². The van der Waals surface area contributed by atoms with Gasteiger partial charge in [0.2, 0.25) is 0 Å². The summed E-state index contributed by atoms with van der Waals surface area (Å²) in [5, 5.41) is 11.8. The zero-order valence-electron chi connectivity index (χ0n) is 13.4. The minimum Gasteiger partial charge on any atom is -0.444 e. The number of hydrogen-bond acceptors (Lipinski definition) is 4. The lowest BCUT2D eigenvalue weighted by Crippen LogP contribution is -2.27. The predicted molar refractivity (Wildman–Crippen MR) is 90.9 cm³/mol. The maximum absolute atomic E-state index is 11.9. The first-order chi connectivity index (χ1) is 10.8. The second-order valence-corrected chi connectivity index (χ2v) is 6.16. The molecule has 118 valence electrons. The third-order valence-electron chi connectivity index (χ3n) is 2.95. The quantitative estimate of drug-likeness (QED) is 0.815. The molecule has 0 unspecified atom stereocenters. The summed E-state index contributed by atoms with van der Waals surface area (Å²) in [6, 6.07) is 14.5. The van der Waals surface area contributed by atoms with Crippen LogP contribution in [0.4, 0.5) is 16.2 Å². The Bertz CT molecular complexity index is 753. The largest absolute Gasteiger partial charge is 0.444 e. The van der Waals surface area contributed by atoms with Crippen LogP contribution in [0.3, 0.4) is 0 Å². The Kier molecular flexibility index (Phi) is 4.56. The van der Waals surface area contributed by atoms with Gasteiger partial charge in [-0.05, 0) is 62.2 Å². The average Bonchev–Trinajstić information content (AvgIpc) is 2.45. The maximum Gasteiger partial charge on any atom is 0.412 e. The smallest absolute Gasteiger partial charge is 0.412 e. The fourth-order valence-electron chi connectivity index (χ4n) is 2.03. The van der Waals surface area contributed by atoms with Crippen molar-refractivity contribution in [1.82, 2.24) is 0 Å². The summed E-state index contributed by atoms with van der Waals surface area (Å²) in [7, 11) is 0. The zero-order chi connectivity index (χ0) is 17.0. The monoisotopic (exact) mass is 309 g/mol. The summed E-state index contributed by atoms with van der Waals surface area (Å²) >= 11 is 0. The van der Waals surface area contributed by atoms with Crippen LogP contribution in [-0.2, 0) is 4.74 Å². The molecule has 0 heterocycles. The highest BCUT2D eigenvalue weighted by atomic mass is 16.6. The van der Waals surface area contributed by atoms with Crippen LogP contribution in [0.2, 0.25) is 0 Å². The number of carbonyl (C=O) groups is 1. The minimum atomic E-state index is -0.587. The first kappa shape index (κ1) is 16.4. The van der Waals surface area contributed by atoms with Gasteiger partial charge in [-0.2, -0.15) is 5.26 Å². The number of ether oxygens (including phenoxy) is 1. The van der Waals surface area contributed by atoms with Gasteiger partial charge in [-0.15, -0.1) is 0 Å². The van der Waals surface area contributed by atoms with E-state index in [-0.39, 0.29) is 0 Å². The van der Waals surface area contributed by atoms with Crippen LogP contribution in [0.5, 0.6) is 0 Å². The standard InChI is InChI=1S/C18H19N3O2/c1-18(2,3)23-17(22)21-16-9-12(11-19)8-14(10-16)13-4-6-15(20)7-5-13/h4-10H,20H2,1-3H3,(H,21,22). The van der Waals surface area contributed by atoms with Gasteiger partial charge < -0.3 is 10.5 Å². The van der Waals surface area contributed by atoms with Gasteiger partial charge in [-0.3, -0.25) is 5.32 Å². The number of hydrogen-bond donors (Lipinski definition) is 2.